The fraction of sp³-hybridized carbons (Fsp3) is 0.611. The Labute approximate surface area is 134 Å². The highest BCUT2D eigenvalue weighted by Gasteiger charge is 2.00. The quantitative estimate of drug-likeness (QED) is 0.563. The maximum Gasteiger partial charge on any atom is 0.220 e. The second kappa shape index (κ2) is 12.8. The predicted molar refractivity (Wildman–Crippen MR) is 93.6 cm³/mol. The van der Waals surface area contributed by atoms with E-state index >= 15 is 0 Å². The molecule has 0 saturated heterocycles. The first-order valence-corrected chi connectivity index (χ1v) is 9.36. The van der Waals surface area contributed by atoms with Gasteiger partial charge in [-0.15, -0.1) is 0 Å². The standard InChI is InChI=1S/C18H29NOS/c1-2-3-4-5-6-10-13-18(20)19-14-15-21-16-17-11-8-7-9-12-17/h7-9,11-12H,2-6,10,13-16H2,1H3,(H,19,20). The molecule has 3 heteroatoms. The van der Waals surface area contributed by atoms with Crippen molar-refractivity contribution < 1.29 is 4.79 Å². The lowest BCUT2D eigenvalue weighted by Crippen LogP contribution is -2.25. The molecule has 0 bridgehead atoms. The minimum absolute atomic E-state index is 0.214. The van der Waals surface area contributed by atoms with Gasteiger partial charge in [0.25, 0.3) is 0 Å². The van der Waals surface area contributed by atoms with E-state index in [9.17, 15) is 4.79 Å². The van der Waals surface area contributed by atoms with Crippen LogP contribution in [0.15, 0.2) is 30.3 Å². The summed E-state index contributed by atoms with van der Waals surface area (Å²) in [5.74, 6) is 2.22. The minimum Gasteiger partial charge on any atom is -0.355 e. The molecule has 0 aliphatic carbocycles. The molecule has 0 aliphatic heterocycles. The largest absolute Gasteiger partial charge is 0.355 e. The second-order valence-electron chi connectivity index (χ2n) is 5.41. The molecule has 0 spiro atoms. The third-order valence-corrected chi connectivity index (χ3v) is 4.47. The maximum absolute atomic E-state index is 11.6. The first kappa shape index (κ1) is 18.1. The molecule has 0 atom stereocenters. The van der Waals surface area contributed by atoms with Gasteiger partial charge in [-0.2, -0.15) is 11.8 Å². The van der Waals surface area contributed by atoms with Crippen LogP contribution in [0.4, 0.5) is 0 Å². The van der Waals surface area contributed by atoms with Crippen molar-refractivity contribution in [1.29, 1.82) is 0 Å². The number of nitrogens with one attached hydrogen (secondary N) is 1. The van der Waals surface area contributed by atoms with Crippen molar-refractivity contribution >= 4 is 17.7 Å². The number of thioether (sulfide) groups is 1. The van der Waals surface area contributed by atoms with Crippen LogP contribution in [0.3, 0.4) is 0 Å². The minimum atomic E-state index is 0.214. The molecular weight excluding hydrogens is 278 g/mol. The van der Waals surface area contributed by atoms with E-state index in [1.165, 1.54) is 37.7 Å². The molecule has 0 fully saturated rings. The van der Waals surface area contributed by atoms with Crippen LogP contribution in [-0.2, 0) is 10.5 Å². The van der Waals surface area contributed by atoms with Crippen LogP contribution < -0.4 is 5.32 Å². The van der Waals surface area contributed by atoms with Gasteiger partial charge in [0.2, 0.25) is 5.91 Å². The molecule has 1 N–H and O–H groups in total. The van der Waals surface area contributed by atoms with Gasteiger partial charge in [-0.1, -0.05) is 69.4 Å². The Morgan fingerprint density at radius 1 is 1.05 bits per heavy atom. The van der Waals surface area contributed by atoms with E-state index in [1.807, 2.05) is 17.8 Å². The summed E-state index contributed by atoms with van der Waals surface area (Å²) in [6.07, 6.45) is 8.10. The van der Waals surface area contributed by atoms with E-state index in [4.69, 9.17) is 0 Å². The summed E-state index contributed by atoms with van der Waals surface area (Å²) in [4.78, 5) is 11.6. The summed E-state index contributed by atoms with van der Waals surface area (Å²) >= 11 is 1.87. The Balaban J connectivity index is 1.89. The van der Waals surface area contributed by atoms with Crippen molar-refractivity contribution in [2.75, 3.05) is 12.3 Å². The second-order valence-corrected chi connectivity index (χ2v) is 6.51. The molecule has 1 amide bonds. The number of carbonyl (C=O) groups excluding carboxylic acids is 1. The number of rotatable bonds is 12. The molecule has 21 heavy (non-hydrogen) atoms. The van der Waals surface area contributed by atoms with Gasteiger partial charge in [0, 0.05) is 24.5 Å². The third-order valence-electron chi connectivity index (χ3n) is 3.44. The highest BCUT2D eigenvalue weighted by molar-refractivity contribution is 7.98. The van der Waals surface area contributed by atoms with Crippen molar-refractivity contribution in [3.05, 3.63) is 35.9 Å². The summed E-state index contributed by atoms with van der Waals surface area (Å²) < 4.78 is 0. The highest BCUT2D eigenvalue weighted by Crippen LogP contribution is 2.10. The number of carbonyl (C=O) groups is 1. The van der Waals surface area contributed by atoms with Gasteiger partial charge in [-0.25, -0.2) is 0 Å². The van der Waals surface area contributed by atoms with E-state index in [0.717, 1.165) is 24.5 Å². The summed E-state index contributed by atoms with van der Waals surface area (Å²) in [5, 5.41) is 3.01. The van der Waals surface area contributed by atoms with Crippen molar-refractivity contribution in [1.82, 2.24) is 5.32 Å². The Hall–Kier alpha value is -0.960. The molecular formula is C18H29NOS. The molecule has 0 heterocycles. The van der Waals surface area contributed by atoms with E-state index < -0.39 is 0 Å². The van der Waals surface area contributed by atoms with Crippen molar-refractivity contribution in [3.8, 4) is 0 Å². The zero-order valence-electron chi connectivity index (χ0n) is 13.3. The molecule has 0 saturated carbocycles. The Morgan fingerprint density at radius 2 is 1.76 bits per heavy atom. The first-order valence-electron chi connectivity index (χ1n) is 8.21. The number of unbranched alkanes of at least 4 members (excludes halogenated alkanes) is 5. The SMILES string of the molecule is CCCCCCCCC(=O)NCCSCc1ccccc1. The zero-order valence-corrected chi connectivity index (χ0v) is 14.1. The number of hydrogen-bond donors (Lipinski definition) is 1. The van der Waals surface area contributed by atoms with E-state index in [1.54, 1.807) is 0 Å². The topological polar surface area (TPSA) is 29.1 Å². The lowest BCUT2D eigenvalue weighted by molar-refractivity contribution is -0.121. The summed E-state index contributed by atoms with van der Waals surface area (Å²) in [6.45, 7) is 3.01. The van der Waals surface area contributed by atoms with E-state index in [2.05, 4.69) is 36.5 Å². The first-order chi connectivity index (χ1) is 10.3. The molecule has 2 nitrogen and oxygen atoms in total. The van der Waals surface area contributed by atoms with Crippen LogP contribution in [0.5, 0.6) is 0 Å². The normalized spacial score (nSPS) is 10.5. The van der Waals surface area contributed by atoms with Crippen molar-refractivity contribution in [2.24, 2.45) is 0 Å². The molecule has 1 aromatic rings. The molecule has 0 aliphatic rings. The van der Waals surface area contributed by atoms with Crippen LogP contribution in [0, 0.1) is 0 Å². The molecule has 0 aromatic heterocycles. The van der Waals surface area contributed by atoms with E-state index in [-0.39, 0.29) is 5.91 Å². The predicted octanol–water partition coefficient (Wildman–Crippen LogP) is 4.79. The average molecular weight is 308 g/mol. The van der Waals surface area contributed by atoms with Crippen LogP contribution in [0.25, 0.3) is 0 Å². The van der Waals surface area contributed by atoms with Gasteiger partial charge in [-0.3, -0.25) is 4.79 Å². The van der Waals surface area contributed by atoms with E-state index in [0.29, 0.717) is 6.42 Å². The van der Waals surface area contributed by atoms with Gasteiger partial charge in [-0.05, 0) is 12.0 Å². The smallest absolute Gasteiger partial charge is 0.220 e. The Kier molecular flexibility index (Phi) is 11.0. The Morgan fingerprint density at radius 3 is 2.52 bits per heavy atom. The molecule has 0 unspecified atom stereocenters. The summed E-state index contributed by atoms with van der Waals surface area (Å²) in [7, 11) is 0. The zero-order chi connectivity index (χ0) is 15.2. The van der Waals surface area contributed by atoms with Gasteiger partial charge >= 0.3 is 0 Å². The number of amides is 1. The van der Waals surface area contributed by atoms with Gasteiger partial charge < -0.3 is 5.32 Å². The molecule has 0 radical (unpaired) electrons. The average Bonchev–Trinajstić information content (AvgIpc) is 2.51. The molecule has 118 valence electrons. The third kappa shape index (κ3) is 10.4. The highest BCUT2D eigenvalue weighted by atomic mass is 32.2. The summed E-state index contributed by atoms with van der Waals surface area (Å²) in [5.41, 5.74) is 1.35. The lowest BCUT2D eigenvalue weighted by Gasteiger charge is -2.05. The van der Waals surface area contributed by atoms with Crippen LogP contribution >= 0.6 is 11.8 Å². The Bertz CT molecular complexity index is 367. The number of hydrogen-bond acceptors (Lipinski definition) is 2. The summed E-state index contributed by atoms with van der Waals surface area (Å²) in [6, 6.07) is 10.5. The fourth-order valence-corrected chi connectivity index (χ4v) is 3.00. The fourth-order valence-electron chi connectivity index (χ4n) is 2.18. The number of benzene rings is 1. The van der Waals surface area contributed by atoms with Gasteiger partial charge in [0.1, 0.15) is 0 Å². The van der Waals surface area contributed by atoms with Crippen LogP contribution in [0.2, 0.25) is 0 Å². The van der Waals surface area contributed by atoms with Crippen LogP contribution in [-0.4, -0.2) is 18.2 Å². The van der Waals surface area contributed by atoms with Gasteiger partial charge in [0.15, 0.2) is 0 Å². The molecule has 1 rings (SSSR count). The lowest BCUT2D eigenvalue weighted by atomic mass is 10.1. The molecule has 1 aromatic carbocycles. The van der Waals surface area contributed by atoms with Gasteiger partial charge in [0.05, 0.1) is 0 Å². The van der Waals surface area contributed by atoms with Crippen LogP contribution in [0.1, 0.15) is 57.4 Å². The monoisotopic (exact) mass is 307 g/mol. The maximum atomic E-state index is 11.6. The van der Waals surface area contributed by atoms with Crippen molar-refractivity contribution in [3.63, 3.8) is 0 Å². The van der Waals surface area contributed by atoms with Crippen molar-refractivity contribution in [2.45, 2.75) is 57.6 Å².